The summed E-state index contributed by atoms with van der Waals surface area (Å²) in [5.74, 6) is 0.0906. The zero-order valence-electron chi connectivity index (χ0n) is 17.3. The summed E-state index contributed by atoms with van der Waals surface area (Å²) in [5, 5.41) is 11.7. The Morgan fingerprint density at radius 3 is 2.68 bits per heavy atom. The van der Waals surface area contributed by atoms with E-state index in [1.807, 2.05) is 31.2 Å². The molecule has 6 nitrogen and oxygen atoms in total. The van der Waals surface area contributed by atoms with E-state index >= 15 is 0 Å². The summed E-state index contributed by atoms with van der Waals surface area (Å²) in [6, 6.07) is 12.2. The molecule has 0 bridgehead atoms. The fourth-order valence-electron chi connectivity index (χ4n) is 4.00. The molecule has 1 aromatic carbocycles. The van der Waals surface area contributed by atoms with E-state index in [4.69, 9.17) is 0 Å². The van der Waals surface area contributed by atoms with E-state index in [1.54, 1.807) is 13.1 Å². The molecule has 3 aromatic rings. The highest BCUT2D eigenvalue weighted by atomic mass is 19.1. The second-order valence-electron chi connectivity index (χ2n) is 8.05. The lowest BCUT2D eigenvalue weighted by atomic mass is 9.65. The number of halogens is 2. The minimum absolute atomic E-state index is 0.218. The molecule has 2 aromatic heterocycles. The summed E-state index contributed by atoms with van der Waals surface area (Å²) in [7, 11) is 1.69. The first-order valence-corrected chi connectivity index (χ1v) is 10.0. The van der Waals surface area contributed by atoms with Gasteiger partial charge in [0.05, 0.1) is 11.4 Å². The third-order valence-corrected chi connectivity index (χ3v) is 5.68. The van der Waals surface area contributed by atoms with Gasteiger partial charge in [-0.05, 0) is 67.8 Å². The maximum absolute atomic E-state index is 14.3. The van der Waals surface area contributed by atoms with Crippen molar-refractivity contribution in [3.63, 3.8) is 0 Å². The van der Waals surface area contributed by atoms with Gasteiger partial charge in [-0.15, -0.1) is 10.2 Å². The van der Waals surface area contributed by atoms with Crippen LogP contribution in [-0.2, 0) is 10.2 Å². The molecule has 2 heterocycles. The number of hydrogen-bond acceptors (Lipinski definition) is 5. The molecule has 1 fully saturated rings. The van der Waals surface area contributed by atoms with Gasteiger partial charge in [-0.2, -0.15) is 0 Å². The zero-order valence-corrected chi connectivity index (χ0v) is 17.3. The predicted molar refractivity (Wildman–Crippen MR) is 115 cm³/mol. The van der Waals surface area contributed by atoms with Crippen molar-refractivity contribution in [2.75, 3.05) is 23.8 Å². The van der Waals surface area contributed by atoms with E-state index in [1.165, 1.54) is 23.2 Å². The summed E-state index contributed by atoms with van der Waals surface area (Å²) in [5.41, 5.74) is 2.85. The molecule has 160 valence electrons. The highest BCUT2D eigenvalue weighted by Crippen LogP contribution is 2.45. The van der Waals surface area contributed by atoms with Crippen molar-refractivity contribution in [3.8, 4) is 11.3 Å². The SMILES string of the molecule is Cc1cc(-c2ccc(NCC3(c4ncccc4F)CC(F)C3)nn2)cc(N(C)C=O)c1. The van der Waals surface area contributed by atoms with Crippen molar-refractivity contribution >= 4 is 17.9 Å². The van der Waals surface area contributed by atoms with Crippen LogP contribution in [0.5, 0.6) is 0 Å². The lowest BCUT2D eigenvalue weighted by molar-refractivity contribution is -0.107. The van der Waals surface area contributed by atoms with E-state index < -0.39 is 17.4 Å². The summed E-state index contributed by atoms with van der Waals surface area (Å²) in [6.45, 7) is 2.26. The molecule has 0 atom stereocenters. The summed E-state index contributed by atoms with van der Waals surface area (Å²) >= 11 is 0. The summed E-state index contributed by atoms with van der Waals surface area (Å²) < 4.78 is 28.0. The fourth-order valence-corrected chi connectivity index (χ4v) is 4.00. The molecule has 0 saturated heterocycles. The fraction of sp³-hybridized carbons (Fsp3) is 0.304. The highest BCUT2D eigenvalue weighted by molar-refractivity contribution is 5.78. The number of pyridine rings is 1. The molecule has 1 N–H and O–H groups in total. The van der Waals surface area contributed by atoms with Crippen LogP contribution in [-0.4, -0.2) is 41.4 Å². The van der Waals surface area contributed by atoms with Gasteiger partial charge < -0.3 is 10.2 Å². The lowest BCUT2D eigenvalue weighted by Gasteiger charge is -2.44. The Bertz CT molecular complexity index is 1080. The van der Waals surface area contributed by atoms with Crippen molar-refractivity contribution in [2.24, 2.45) is 0 Å². The molecule has 1 amide bonds. The first kappa shape index (κ1) is 20.8. The average Bonchev–Trinajstić information content (AvgIpc) is 2.75. The number of aryl methyl sites for hydroxylation is 1. The molecule has 0 spiro atoms. The number of hydrogen-bond donors (Lipinski definition) is 1. The van der Waals surface area contributed by atoms with Gasteiger partial charge in [0.25, 0.3) is 0 Å². The Labute approximate surface area is 179 Å². The van der Waals surface area contributed by atoms with Crippen LogP contribution in [0.15, 0.2) is 48.7 Å². The number of benzene rings is 1. The van der Waals surface area contributed by atoms with Gasteiger partial charge in [0, 0.05) is 36.5 Å². The number of nitrogens with zero attached hydrogens (tertiary/aromatic N) is 4. The molecule has 0 aliphatic heterocycles. The molecule has 8 heteroatoms. The Kier molecular flexibility index (Phi) is 5.63. The van der Waals surface area contributed by atoms with Crippen LogP contribution in [0.1, 0.15) is 24.1 Å². The normalized spacial score (nSPS) is 20.1. The van der Waals surface area contributed by atoms with Crippen LogP contribution >= 0.6 is 0 Å². The second-order valence-corrected chi connectivity index (χ2v) is 8.05. The molecule has 0 radical (unpaired) electrons. The van der Waals surface area contributed by atoms with Crippen LogP contribution in [0.2, 0.25) is 0 Å². The highest BCUT2D eigenvalue weighted by Gasteiger charge is 2.48. The number of aromatic nitrogens is 3. The van der Waals surface area contributed by atoms with Gasteiger partial charge in [0.2, 0.25) is 6.41 Å². The van der Waals surface area contributed by atoms with E-state index in [0.29, 0.717) is 18.1 Å². The number of carbonyl (C=O) groups excluding carboxylic acids is 1. The van der Waals surface area contributed by atoms with Gasteiger partial charge in [-0.3, -0.25) is 9.78 Å². The Morgan fingerprint density at radius 2 is 2.03 bits per heavy atom. The molecular weight excluding hydrogens is 400 g/mol. The molecule has 1 saturated carbocycles. The zero-order chi connectivity index (χ0) is 22.0. The monoisotopic (exact) mass is 423 g/mol. The van der Waals surface area contributed by atoms with Crippen molar-refractivity contribution < 1.29 is 13.6 Å². The molecule has 0 unspecified atom stereocenters. The van der Waals surface area contributed by atoms with E-state index in [2.05, 4.69) is 20.5 Å². The van der Waals surface area contributed by atoms with Gasteiger partial charge in [-0.1, -0.05) is 0 Å². The van der Waals surface area contributed by atoms with E-state index in [0.717, 1.165) is 23.2 Å². The predicted octanol–water partition coefficient (Wildman–Crippen LogP) is 4.06. The third-order valence-electron chi connectivity index (χ3n) is 5.68. The van der Waals surface area contributed by atoms with Gasteiger partial charge >= 0.3 is 0 Å². The van der Waals surface area contributed by atoms with Crippen LogP contribution in [0.4, 0.5) is 20.3 Å². The summed E-state index contributed by atoms with van der Waals surface area (Å²) in [4.78, 5) is 16.7. The number of nitrogens with one attached hydrogen (secondary N) is 1. The van der Waals surface area contributed by atoms with Gasteiger partial charge in [0.15, 0.2) is 0 Å². The number of alkyl halides is 1. The summed E-state index contributed by atoms with van der Waals surface area (Å²) in [6.07, 6.45) is 1.75. The quantitative estimate of drug-likeness (QED) is 0.581. The van der Waals surface area contributed by atoms with Crippen molar-refractivity contribution in [2.45, 2.75) is 31.4 Å². The first-order valence-electron chi connectivity index (χ1n) is 10.0. The molecule has 4 rings (SSSR count). The van der Waals surface area contributed by atoms with Crippen LogP contribution in [0, 0.1) is 12.7 Å². The van der Waals surface area contributed by atoms with E-state index in [-0.39, 0.29) is 18.5 Å². The van der Waals surface area contributed by atoms with Crippen LogP contribution in [0.3, 0.4) is 0 Å². The smallest absolute Gasteiger partial charge is 0.213 e. The van der Waals surface area contributed by atoms with Crippen molar-refractivity contribution in [3.05, 3.63) is 65.7 Å². The third kappa shape index (κ3) is 4.23. The van der Waals surface area contributed by atoms with Crippen molar-refractivity contribution in [1.82, 2.24) is 15.2 Å². The van der Waals surface area contributed by atoms with Crippen molar-refractivity contribution in [1.29, 1.82) is 0 Å². The maximum Gasteiger partial charge on any atom is 0.213 e. The second kappa shape index (κ2) is 8.37. The Balaban J connectivity index is 1.51. The molecule has 1 aliphatic carbocycles. The standard InChI is InChI=1S/C23H23F2N5O/c1-15-8-16(10-18(9-15)30(2)14-31)20-5-6-21(29-28-20)27-13-23(11-17(24)12-23)22-19(25)4-3-7-26-22/h3-10,14,17H,11-13H2,1-2H3,(H,27,29). The molecular formula is C23H23F2N5O. The topological polar surface area (TPSA) is 71.0 Å². The number of carbonyl (C=O) groups is 1. The minimum atomic E-state index is -0.961. The Morgan fingerprint density at radius 1 is 1.23 bits per heavy atom. The Hall–Kier alpha value is -3.42. The average molecular weight is 423 g/mol. The van der Waals surface area contributed by atoms with E-state index in [9.17, 15) is 13.6 Å². The molecule has 1 aliphatic rings. The van der Waals surface area contributed by atoms with Gasteiger partial charge in [0.1, 0.15) is 17.8 Å². The number of anilines is 2. The first-order chi connectivity index (χ1) is 14.9. The minimum Gasteiger partial charge on any atom is -0.368 e. The van der Waals surface area contributed by atoms with Crippen LogP contribution in [0.25, 0.3) is 11.3 Å². The number of amides is 1. The van der Waals surface area contributed by atoms with Crippen LogP contribution < -0.4 is 10.2 Å². The maximum atomic E-state index is 14.3. The molecule has 31 heavy (non-hydrogen) atoms. The van der Waals surface area contributed by atoms with Gasteiger partial charge in [-0.25, -0.2) is 8.78 Å². The lowest BCUT2D eigenvalue weighted by Crippen LogP contribution is -2.49. The largest absolute Gasteiger partial charge is 0.368 e. The number of rotatable bonds is 7.